The molecule has 0 saturated carbocycles. The topological polar surface area (TPSA) is 139 Å². The Balaban J connectivity index is 0.000000480. The molecule has 1 saturated heterocycles. The molecule has 2 aliphatic heterocycles. The van der Waals surface area contributed by atoms with Gasteiger partial charge in [-0.3, -0.25) is 14.2 Å². The van der Waals surface area contributed by atoms with Crippen molar-refractivity contribution in [3.05, 3.63) is 57.1 Å². The first-order chi connectivity index (χ1) is 17.7. The summed E-state index contributed by atoms with van der Waals surface area (Å²) in [6.07, 6.45) is 3.38. The Morgan fingerprint density at radius 1 is 1.19 bits per heavy atom. The molecule has 0 amide bonds. The van der Waals surface area contributed by atoms with Gasteiger partial charge in [0.15, 0.2) is 5.58 Å². The predicted octanol–water partition coefficient (Wildman–Crippen LogP) is 2.74. The largest absolute Gasteiger partial charge is 0.476 e. The fourth-order valence-electron chi connectivity index (χ4n) is 4.98. The molecule has 1 aromatic carbocycles. The highest BCUT2D eigenvalue weighted by Gasteiger charge is 2.27. The van der Waals surface area contributed by atoms with Crippen molar-refractivity contribution in [2.75, 3.05) is 19.6 Å². The van der Waals surface area contributed by atoms with Crippen LogP contribution in [0.25, 0.3) is 11.0 Å². The van der Waals surface area contributed by atoms with Crippen LogP contribution in [0.4, 0.5) is 4.39 Å². The van der Waals surface area contributed by atoms with Crippen LogP contribution in [0.15, 0.2) is 27.5 Å². The quantitative estimate of drug-likeness (QED) is 0.492. The van der Waals surface area contributed by atoms with Crippen LogP contribution in [0, 0.1) is 12.7 Å². The van der Waals surface area contributed by atoms with Crippen molar-refractivity contribution in [2.45, 2.75) is 64.5 Å². The van der Waals surface area contributed by atoms with Gasteiger partial charge in [-0.1, -0.05) is 5.16 Å². The molecule has 0 radical (unpaired) electrons. The van der Waals surface area contributed by atoms with E-state index in [0.717, 1.165) is 68.2 Å². The summed E-state index contributed by atoms with van der Waals surface area (Å²) in [6.45, 7) is 6.13. The molecule has 0 bridgehead atoms. The van der Waals surface area contributed by atoms with Gasteiger partial charge in [0.2, 0.25) is 5.78 Å². The minimum absolute atomic E-state index is 0.00237. The van der Waals surface area contributed by atoms with Crippen molar-refractivity contribution >= 4 is 22.7 Å². The van der Waals surface area contributed by atoms with Gasteiger partial charge >= 0.3 is 5.97 Å². The summed E-state index contributed by atoms with van der Waals surface area (Å²) < 4.78 is 20.4. The average molecular weight is 515 g/mol. The Morgan fingerprint density at radius 3 is 2.57 bits per heavy atom. The SMILES string of the molecule is CC(=O)C(=O)O.Cc1nc2n(c(=O)c1CCN1CCC(c3noc4cc(F)ccc34)CC1)CCCC2O. The van der Waals surface area contributed by atoms with E-state index >= 15 is 0 Å². The van der Waals surface area contributed by atoms with E-state index in [1.165, 1.54) is 12.1 Å². The number of aliphatic hydroxyl groups is 1. The number of benzene rings is 1. The van der Waals surface area contributed by atoms with E-state index in [-0.39, 0.29) is 11.4 Å². The van der Waals surface area contributed by atoms with Gasteiger partial charge < -0.3 is 19.6 Å². The van der Waals surface area contributed by atoms with E-state index in [1.54, 1.807) is 10.6 Å². The summed E-state index contributed by atoms with van der Waals surface area (Å²) in [7, 11) is 0. The number of aliphatic carboxylic acids is 1. The number of fused-ring (bicyclic) bond motifs is 2. The first-order valence-electron chi connectivity index (χ1n) is 12.4. The van der Waals surface area contributed by atoms with Crippen LogP contribution in [0.5, 0.6) is 0 Å². The number of likely N-dealkylation sites (tertiary alicyclic amines) is 1. The smallest absolute Gasteiger partial charge is 0.371 e. The van der Waals surface area contributed by atoms with Crippen LogP contribution in [0.1, 0.15) is 67.4 Å². The Labute approximate surface area is 212 Å². The van der Waals surface area contributed by atoms with Crippen LogP contribution < -0.4 is 5.56 Å². The second-order valence-electron chi connectivity index (χ2n) is 9.58. The van der Waals surface area contributed by atoms with Crippen LogP contribution >= 0.6 is 0 Å². The number of carboxylic acid groups (broad SMARTS) is 1. The number of piperidine rings is 1. The third-order valence-corrected chi connectivity index (χ3v) is 7.07. The standard InChI is InChI=1S/C23H27FN4O3.C3H4O3/c1-14-17(23(30)28-9-2-3-19(29)22(28)25-14)8-12-27-10-6-15(7-11-27)21-18-5-4-16(24)13-20(18)31-26-21;1-2(4)3(5)6/h4-5,13,15,19,29H,2-3,6-12H2,1H3;1H3,(H,5,6). The fraction of sp³-hybridized carbons (Fsp3) is 0.500. The van der Waals surface area contributed by atoms with Crippen molar-refractivity contribution in [1.29, 1.82) is 0 Å². The van der Waals surface area contributed by atoms with E-state index in [0.29, 0.717) is 36.7 Å². The second-order valence-corrected chi connectivity index (χ2v) is 9.58. The molecule has 0 spiro atoms. The van der Waals surface area contributed by atoms with E-state index < -0.39 is 17.9 Å². The number of carboxylic acids is 1. The lowest BCUT2D eigenvalue weighted by atomic mass is 9.91. The molecule has 1 atom stereocenters. The second kappa shape index (κ2) is 11.3. The number of carbonyl (C=O) groups excluding carboxylic acids is 1. The summed E-state index contributed by atoms with van der Waals surface area (Å²) in [5.41, 5.74) is 2.90. The number of ketones is 1. The summed E-state index contributed by atoms with van der Waals surface area (Å²) in [6, 6.07) is 4.58. The summed E-state index contributed by atoms with van der Waals surface area (Å²) in [5, 5.41) is 22.9. The van der Waals surface area contributed by atoms with Crippen molar-refractivity contribution in [1.82, 2.24) is 19.6 Å². The first-order valence-corrected chi connectivity index (χ1v) is 12.4. The van der Waals surface area contributed by atoms with Crippen LogP contribution in [0.2, 0.25) is 0 Å². The number of hydrogen-bond acceptors (Lipinski definition) is 8. The summed E-state index contributed by atoms with van der Waals surface area (Å²) in [4.78, 5) is 38.8. The molecule has 4 heterocycles. The number of rotatable bonds is 5. The number of carbonyl (C=O) groups is 2. The fourth-order valence-corrected chi connectivity index (χ4v) is 4.98. The highest BCUT2D eigenvalue weighted by molar-refractivity contribution is 6.31. The Morgan fingerprint density at radius 2 is 1.89 bits per heavy atom. The molecule has 1 unspecified atom stereocenters. The van der Waals surface area contributed by atoms with Crippen molar-refractivity contribution in [2.24, 2.45) is 0 Å². The van der Waals surface area contributed by atoms with E-state index in [4.69, 9.17) is 9.63 Å². The molecule has 11 heteroatoms. The zero-order valence-electron chi connectivity index (χ0n) is 20.9. The summed E-state index contributed by atoms with van der Waals surface area (Å²) >= 11 is 0. The minimum Gasteiger partial charge on any atom is -0.476 e. The number of aliphatic hydroxyl groups excluding tert-OH is 1. The molecule has 198 valence electrons. The number of aryl methyl sites for hydroxylation is 1. The number of Topliss-reactive ketones (excluding diaryl/α,β-unsaturated/α-hetero) is 1. The maximum absolute atomic E-state index is 13.4. The van der Waals surface area contributed by atoms with E-state index in [9.17, 15) is 23.9 Å². The third kappa shape index (κ3) is 5.94. The normalized spacial score (nSPS) is 18.2. The molecule has 1 fully saturated rings. The lowest BCUT2D eigenvalue weighted by Crippen LogP contribution is -2.37. The monoisotopic (exact) mass is 514 g/mol. The van der Waals surface area contributed by atoms with E-state index in [2.05, 4.69) is 15.0 Å². The Kier molecular flexibility index (Phi) is 8.13. The molecule has 10 nitrogen and oxygen atoms in total. The third-order valence-electron chi connectivity index (χ3n) is 7.07. The lowest BCUT2D eigenvalue weighted by molar-refractivity contribution is -0.148. The zero-order valence-corrected chi connectivity index (χ0v) is 20.9. The Bertz CT molecular complexity index is 1350. The highest BCUT2D eigenvalue weighted by atomic mass is 19.1. The highest BCUT2D eigenvalue weighted by Crippen LogP contribution is 2.32. The van der Waals surface area contributed by atoms with Crippen molar-refractivity contribution < 1.29 is 28.7 Å². The van der Waals surface area contributed by atoms with Crippen LogP contribution in [-0.2, 0) is 22.6 Å². The molecular formula is C26H31FN4O6. The van der Waals surface area contributed by atoms with Crippen molar-refractivity contribution in [3.8, 4) is 0 Å². The number of halogens is 1. The van der Waals surface area contributed by atoms with Gasteiger partial charge in [-0.2, -0.15) is 0 Å². The number of hydrogen-bond donors (Lipinski definition) is 2. The number of aromatic nitrogens is 3. The summed E-state index contributed by atoms with van der Waals surface area (Å²) in [5.74, 6) is -1.72. The van der Waals surface area contributed by atoms with Gasteiger partial charge in [0.25, 0.3) is 5.56 Å². The van der Waals surface area contributed by atoms with Gasteiger partial charge in [0.1, 0.15) is 17.7 Å². The Hall–Kier alpha value is -3.44. The molecule has 37 heavy (non-hydrogen) atoms. The van der Waals surface area contributed by atoms with Gasteiger partial charge in [-0.25, -0.2) is 14.2 Å². The molecule has 0 aliphatic carbocycles. The maximum atomic E-state index is 13.4. The minimum atomic E-state index is -1.38. The average Bonchev–Trinajstić information content (AvgIpc) is 3.28. The molecule has 5 rings (SSSR count). The van der Waals surface area contributed by atoms with Gasteiger partial charge in [0, 0.05) is 48.6 Å². The number of nitrogens with zero attached hydrogens (tertiary/aromatic N) is 4. The zero-order chi connectivity index (χ0) is 26.7. The molecule has 2 aromatic heterocycles. The maximum Gasteiger partial charge on any atom is 0.371 e. The van der Waals surface area contributed by atoms with Gasteiger partial charge in [-0.05, 0) is 64.3 Å². The molecular weight excluding hydrogens is 483 g/mol. The first kappa shape index (κ1) is 26.6. The van der Waals surface area contributed by atoms with E-state index in [1.807, 2.05) is 6.92 Å². The van der Waals surface area contributed by atoms with Gasteiger partial charge in [0.05, 0.1) is 5.69 Å². The van der Waals surface area contributed by atoms with Crippen LogP contribution in [0.3, 0.4) is 0 Å². The molecule has 2 N–H and O–H groups in total. The predicted molar refractivity (Wildman–Crippen MR) is 132 cm³/mol. The molecule has 2 aliphatic rings. The van der Waals surface area contributed by atoms with Crippen LogP contribution in [-0.4, -0.2) is 61.2 Å². The lowest BCUT2D eigenvalue weighted by Gasteiger charge is -2.31. The van der Waals surface area contributed by atoms with Crippen molar-refractivity contribution in [3.63, 3.8) is 0 Å². The van der Waals surface area contributed by atoms with Gasteiger partial charge in [-0.15, -0.1) is 0 Å². The molecule has 3 aromatic rings.